The second-order valence-corrected chi connectivity index (χ2v) is 3.18. The van der Waals surface area contributed by atoms with E-state index in [-0.39, 0.29) is 30.9 Å². The normalized spacial score (nSPS) is 18.4. The predicted molar refractivity (Wildman–Crippen MR) is 57.4 cm³/mol. The van der Waals surface area contributed by atoms with E-state index in [4.69, 9.17) is 9.47 Å². The van der Waals surface area contributed by atoms with Crippen molar-refractivity contribution in [1.29, 1.82) is 0 Å². The van der Waals surface area contributed by atoms with Crippen LogP contribution in [0.25, 0.3) is 0 Å². The summed E-state index contributed by atoms with van der Waals surface area (Å²) in [5.74, 6) is 0.0339. The van der Waals surface area contributed by atoms with Crippen molar-refractivity contribution in [2.75, 3.05) is 13.7 Å². The van der Waals surface area contributed by atoms with Crippen LogP contribution in [0.4, 0.5) is 9.18 Å². The third-order valence-electron chi connectivity index (χ3n) is 2.24. The Bertz CT molecular complexity index is 400. The second-order valence-electron chi connectivity index (χ2n) is 3.18. The van der Waals surface area contributed by atoms with E-state index in [1.54, 1.807) is 6.07 Å². The van der Waals surface area contributed by atoms with Crippen LogP contribution >= 0.6 is 12.4 Å². The number of alkyl carbamates (subject to hydrolysis) is 1. The van der Waals surface area contributed by atoms with Crippen molar-refractivity contribution in [2.45, 2.75) is 6.04 Å². The Morgan fingerprint density at radius 3 is 2.88 bits per heavy atom. The molecule has 0 saturated carbocycles. The van der Waals surface area contributed by atoms with E-state index in [0.29, 0.717) is 11.3 Å². The maximum absolute atomic E-state index is 12.9. The molecule has 1 atom stereocenters. The van der Waals surface area contributed by atoms with Gasteiger partial charge < -0.3 is 14.8 Å². The molecule has 2 rings (SSSR count). The molecular weight excluding hydrogens is 237 g/mol. The SMILES string of the molecule is COc1cc(F)ccc1[C@H]1COC(=O)N1.Cl. The van der Waals surface area contributed by atoms with Gasteiger partial charge in [-0.3, -0.25) is 0 Å². The molecule has 88 valence electrons. The lowest BCUT2D eigenvalue weighted by molar-refractivity contribution is 0.177. The van der Waals surface area contributed by atoms with Crippen molar-refractivity contribution in [3.8, 4) is 5.75 Å². The first-order chi connectivity index (χ1) is 7.20. The third kappa shape index (κ3) is 2.36. The van der Waals surface area contributed by atoms with Gasteiger partial charge in [-0.1, -0.05) is 6.07 Å². The molecule has 1 N–H and O–H groups in total. The van der Waals surface area contributed by atoms with Crippen LogP contribution < -0.4 is 10.1 Å². The Morgan fingerprint density at radius 1 is 1.56 bits per heavy atom. The van der Waals surface area contributed by atoms with Gasteiger partial charge in [0.1, 0.15) is 18.2 Å². The molecule has 0 radical (unpaired) electrons. The van der Waals surface area contributed by atoms with Gasteiger partial charge in [0.2, 0.25) is 0 Å². The van der Waals surface area contributed by atoms with Crippen molar-refractivity contribution in [1.82, 2.24) is 5.32 Å². The van der Waals surface area contributed by atoms with Gasteiger partial charge in [0.15, 0.2) is 0 Å². The van der Waals surface area contributed by atoms with Crippen LogP contribution in [0, 0.1) is 5.82 Å². The highest BCUT2D eigenvalue weighted by molar-refractivity contribution is 5.85. The summed E-state index contributed by atoms with van der Waals surface area (Å²) >= 11 is 0. The summed E-state index contributed by atoms with van der Waals surface area (Å²) in [5, 5.41) is 2.60. The van der Waals surface area contributed by atoms with Gasteiger partial charge in [-0.25, -0.2) is 9.18 Å². The first kappa shape index (κ1) is 12.6. The zero-order valence-corrected chi connectivity index (χ0v) is 9.34. The lowest BCUT2D eigenvalue weighted by Gasteiger charge is -2.12. The van der Waals surface area contributed by atoms with Gasteiger partial charge in [0, 0.05) is 11.6 Å². The molecule has 0 unspecified atom stereocenters. The van der Waals surface area contributed by atoms with Crippen LogP contribution in [0.2, 0.25) is 0 Å². The Kier molecular flexibility index (Phi) is 3.95. The van der Waals surface area contributed by atoms with Crippen molar-refractivity contribution in [3.63, 3.8) is 0 Å². The number of carbonyl (C=O) groups excluding carboxylic acids is 1. The quantitative estimate of drug-likeness (QED) is 0.870. The fourth-order valence-corrected chi connectivity index (χ4v) is 1.52. The Hall–Kier alpha value is -1.49. The summed E-state index contributed by atoms with van der Waals surface area (Å²) in [4.78, 5) is 10.8. The number of nitrogens with one attached hydrogen (secondary N) is 1. The Labute approximate surface area is 98.1 Å². The van der Waals surface area contributed by atoms with Crippen molar-refractivity contribution < 1.29 is 18.7 Å². The van der Waals surface area contributed by atoms with E-state index in [0.717, 1.165) is 0 Å². The first-order valence-electron chi connectivity index (χ1n) is 4.47. The average molecular weight is 248 g/mol. The van der Waals surface area contributed by atoms with Crippen molar-refractivity contribution in [3.05, 3.63) is 29.6 Å². The van der Waals surface area contributed by atoms with Crippen LogP contribution in [-0.2, 0) is 4.74 Å². The molecule has 16 heavy (non-hydrogen) atoms. The van der Waals surface area contributed by atoms with Gasteiger partial charge in [-0.15, -0.1) is 12.4 Å². The van der Waals surface area contributed by atoms with Crippen molar-refractivity contribution in [2.24, 2.45) is 0 Å². The van der Waals surface area contributed by atoms with Crippen LogP contribution in [0.3, 0.4) is 0 Å². The van der Waals surface area contributed by atoms with Crippen LogP contribution in [0.15, 0.2) is 18.2 Å². The molecule has 1 fully saturated rings. The number of benzene rings is 1. The van der Waals surface area contributed by atoms with Crippen LogP contribution in [0.1, 0.15) is 11.6 Å². The molecule has 0 spiro atoms. The van der Waals surface area contributed by atoms with Gasteiger partial charge in [-0.05, 0) is 6.07 Å². The molecule has 1 aliphatic rings. The fourth-order valence-electron chi connectivity index (χ4n) is 1.52. The van der Waals surface area contributed by atoms with Gasteiger partial charge in [-0.2, -0.15) is 0 Å². The molecule has 4 nitrogen and oxygen atoms in total. The summed E-state index contributed by atoms with van der Waals surface area (Å²) in [5.41, 5.74) is 0.713. The molecule has 1 amide bonds. The fraction of sp³-hybridized carbons (Fsp3) is 0.300. The predicted octanol–water partition coefficient (Wildman–Crippen LogP) is 2.04. The van der Waals surface area contributed by atoms with E-state index in [1.807, 2.05) is 0 Å². The first-order valence-corrected chi connectivity index (χ1v) is 4.47. The average Bonchev–Trinajstić information content (AvgIpc) is 2.64. The Morgan fingerprint density at radius 2 is 2.31 bits per heavy atom. The van der Waals surface area contributed by atoms with Crippen LogP contribution in [0.5, 0.6) is 5.75 Å². The minimum absolute atomic E-state index is 0. The topological polar surface area (TPSA) is 47.6 Å². The Balaban J connectivity index is 0.00000128. The number of methoxy groups -OCH3 is 1. The van der Waals surface area contributed by atoms with E-state index in [9.17, 15) is 9.18 Å². The minimum atomic E-state index is -0.466. The monoisotopic (exact) mass is 247 g/mol. The summed E-state index contributed by atoms with van der Waals surface area (Å²) in [7, 11) is 1.45. The van der Waals surface area contributed by atoms with E-state index in [2.05, 4.69) is 5.32 Å². The van der Waals surface area contributed by atoms with Crippen LogP contribution in [-0.4, -0.2) is 19.8 Å². The second kappa shape index (κ2) is 5.03. The lowest BCUT2D eigenvalue weighted by Crippen LogP contribution is -2.18. The van der Waals surface area contributed by atoms with E-state index >= 15 is 0 Å². The molecule has 0 bridgehead atoms. The minimum Gasteiger partial charge on any atom is -0.496 e. The number of halogens is 2. The molecule has 0 aromatic heterocycles. The summed E-state index contributed by atoms with van der Waals surface area (Å²) in [6, 6.07) is 3.91. The molecular formula is C10H11ClFNO3. The summed E-state index contributed by atoms with van der Waals surface area (Å²) < 4.78 is 22.7. The van der Waals surface area contributed by atoms with Crippen molar-refractivity contribution >= 4 is 18.5 Å². The zero-order chi connectivity index (χ0) is 10.8. The molecule has 1 aliphatic heterocycles. The third-order valence-corrected chi connectivity index (χ3v) is 2.24. The van der Waals surface area contributed by atoms with Gasteiger partial charge in [0.25, 0.3) is 0 Å². The molecule has 1 aromatic carbocycles. The summed E-state index contributed by atoms with van der Waals surface area (Å²) in [6.45, 7) is 0.237. The smallest absolute Gasteiger partial charge is 0.407 e. The van der Waals surface area contributed by atoms with E-state index < -0.39 is 6.09 Å². The summed E-state index contributed by atoms with van der Waals surface area (Å²) in [6.07, 6.45) is -0.466. The van der Waals surface area contributed by atoms with Gasteiger partial charge >= 0.3 is 6.09 Å². The standard InChI is InChI=1S/C10H10FNO3.ClH/c1-14-9-4-6(11)2-3-7(9)8-5-15-10(13)12-8;/h2-4,8H,5H2,1H3,(H,12,13);1H/t8-;/m1./s1. The maximum atomic E-state index is 12.9. The molecule has 0 aliphatic carbocycles. The maximum Gasteiger partial charge on any atom is 0.407 e. The number of hydrogen-bond acceptors (Lipinski definition) is 3. The highest BCUT2D eigenvalue weighted by atomic mass is 35.5. The van der Waals surface area contributed by atoms with E-state index in [1.165, 1.54) is 19.2 Å². The number of cyclic esters (lactones) is 1. The molecule has 1 aromatic rings. The number of hydrogen-bond donors (Lipinski definition) is 1. The highest BCUT2D eigenvalue weighted by Gasteiger charge is 2.26. The zero-order valence-electron chi connectivity index (χ0n) is 8.53. The lowest BCUT2D eigenvalue weighted by atomic mass is 10.1. The van der Waals surface area contributed by atoms with Gasteiger partial charge in [0.05, 0.1) is 13.2 Å². The number of rotatable bonds is 2. The number of carbonyl (C=O) groups is 1. The number of amides is 1. The highest BCUT2D eigenvalue weighted by Crippen LogP contribution is 2.28. The largest absolute Gasteiger partial charge is 0.496 e. The molecule has 1 heterocycles. The molecule has 1 saturated heterocycles. The number of ether oxygens (including phenoxy) is 2. The molecule has 6 heteroatoms.